The van der Waals surface area contributed by atoms with Gasteiger partial charge in [0.15, 0.2) is 10.8 Å². The second-order valence-corrected chi connectivity index (χ2v) is 4.00. The molecule has 7 heteroatoms. The molecular weight excluding hydrogens is 212 g/mol. The number of nitrogens with two attached hydrogens (primary N) is 1. The molecule has 76 valence electrons. The van der Waals surface area contributed by atoms with Gasteiger partial charge in [-0.2, -0.15) is 9.90 Å². The lowest BCUT2D eigenvalue weighted by atomic mass is 10.5. The smallest absolute Gasteiger partial charge is 0.193 e. The van der Waals surface area contributed by atoms with Gasteiger partial charge < -0.3 is 5.73 Å². The molecule has 0 saturated carbocycles. The van der Waals surface area contributed by atoms with Crippen molar-refractivity contribution in [3.05, 3.63) is 29.7 Å². The summed E-state index contributed by atoms with van der Waals surface area (Å²) in [4.78, 5) is 6.92. The molecule has 0 aliphatic rings. The van der Waals surface area contributed by atoms with E-state index in [-0.39, 0.29) is 0 Å². The van der Waals surface area contributed by atoms with E-state index in [1.807, 2.05) is 22.2 Å². The summed E-state index contributed by atoms with van der Waals surface area (Å²) in [7, 11) is 0. The van der Waals surface area contributed by atoms with Crippen LogP contribution in [0.2, 0.25) is 0 Å². The fourth-order valence-electron chi connectivity index (χ4n) is 1.38. The first kappa shape index (κ1) is 8.42. The molecule has 6 nitrogen and oxygen atoms in total. The highest BCUT2D eigenvalue weighted by Gasteiger charge is 2.04. The SMILES string of the molecule is Nc1cnn(Cc2cn3ccsc3n2)n1. The molecule has 0 fully saturated rings. The Kier molecular flexibility index (Phi) is 1.72. The Balaban J connectivity index is 1.92. The van der Waals surface area contributed by atoms with Gasteiger partial charge in [-0.05, 0) is 0 Å². The van der Waals surface area contributed by atoms with Crippen LogP contribution in [-0.4, -0.2) is 24.4 Å². The van der Waals surface area contributed by atoms with E-state index in [0.717, 1.165) is 10.7 Å². The monoisotopic (exact) mass is 220 g/mol. The second-order valence-electron chi connectivity index (χ2n) is 3.12. The van der Waals surface area contributed by atoms with Gasteiger partial charge >= 0.3 is 0 Å². The maximum absolute atomic E-state index is 5.47. The van der Waals surface area contributed by atoms with Crippen molar-refractivity contribution in [2.45, 2.75) is 6.54 Å². The minimum absolute atomic E-state index is 0.427. The minimum atomic E-state index is 0.427. The van der Waals surface area contributed by atoms with Gasteiger partial charge in [0, 0.05) is 17.8 Å². The Bertz CT molecular complexity index is 562. The summed E-state index contributed by atoms with van der Waals surface area (Å²) in [6.45, 7) is 0.547. The van der Waals surface area contributed by atoms with Crippen molar-refractivity contribution in [3.63, 3.8) is 0 Å². The van der Waals surface area contributed by atoms with E-state index < -0.39 is 0 Å². The third-order valence-corrected chi connectivity index (χ3v) is 2.77. The van der Waals surface area contributed by atoms with Gasteiger partial charge in [0.25, 0.3) is 0 Å². The van der Waals surface area contributed by atoms with Crippen LogP contribution in [0.3, 0.4) is 0 Å². The fraction of sp³-hybridized carbons (Fsp3) is 0.125. The quantitative estimate of drug-likeness (QED) is 0.687. The van der Waals surface area contributed by atoms with Crippen LogP contribution in [0.5, 0.6) is 0 Å². The number of fused-ring (bicyclic) bond motifs is 1. The lowest BCUT2D eigenvalue weighted by molar-refractivity contribution is 0.585. The molecule has 0 aromatic carbocycles. The third kappa shape index (κ3) is 1.46. The van der Waals surface area contributed by atoms with Crippen molar-refractivity contribution >= 4 is 22.1 Å². The van der Waals surface area contributed by atoms with E-state index in [9.17, 15) is 0 Å². The average Bonchev–Trinajstić information content (AvgIpc) is 2.81. The van der Waals surface area contributed by atoms with Crippen LogP contribution in [0.25, 0.3) is 4.96 Å². The van der Waals surface area contributed by atoms with Crippen molar-refractivity contribution in [2.75, 3.05) is 5.73 Å². The molecule has 3 aromatic rings. The van der Waals surface area contributed by atoms with Gasteiger partial charge in [0.05, 0.1) is 11.9 Å². The molecular formula is C8H8N6S. The first-order valence-corrected chi connectivity index (χ1v) is 5.26. The van der Waals surface area contributed by atoms with E-state index >= 15 is 0 Å². The Labute approximate surface area is 89.0 Å². The molecule has 0 amide bonds. The third-order valence-electron chi connectivity index (χ3n) is 2.00. The highest BCUT2D eigenvalue weighted by molar-refractivity contribution is 7.15. The molecule has 0 unspecified atom stereocenters. The zero-order chi connectivity index (χ0) is 10.3. The zero-order valence-corrected chi connectivity index (χ0v) is 8.55. The second kappa shape index (κ2) is 3.06. The molecule has 15 heavy (non-hydrogen) atoms. The van der Waals surface area contributed by atoms with Crippen molar-refractivity contribution < 1.29 is 0 Å². The molecule has 3 aromatic heterocycles. The fourth-order valence-corrected chi connectivity index (χ4v) is 2.10. The maximum Gasteiger partial charge on any atom is 0.193 e. The van der Waals surface area contributed by atoms with Gasteiger partial charge in [0.1, 0.15) is 6.54 Å². The van der Waals surface area contributed by atoms with Crippen molar-refractivity contribution in [3.8, 4) is 0 Å². The number of nitrogen functional groups attached to an aromatic ring is 1. The Hall–Kier alpha value is -1.89. The minimum Gasteiger partial charge on any atom is -0.381 e. The van der Waals surface area contributed by atoms with E-state index in [1.165, 1.54) is 11.0 Å². The van der Waals surface area contributed by atoms with Crippen LogP contribution in [0.15, 0.2) is 24.0 Å². The normalized spacial score (nSPS) is 11.2. The summed E-state index contributed by atoms with van der Waals surface area (Å²) in [5.74, 6) is 0.427. The molecule has 0 spiro atoms. The van der Waals surface area contributed by atoms with Gasteiger partial charge in [-0.25, -0.2) is 4.98 Å². The van der Waals surface area contributed by atoms with Crippen LogP contribution in [0.4, 0.5) is 5.82 Å². The Morgan fingerprint density at radius 2 is 2.40 bits per heavy atom. The summed E-state index contributed by atoms with van der Waals surface area (Å²) in [6.07, 6.45) is 5.46. The molecule has 0 aliphatic carbocycles. The Morgan fingerprint density at radius 1 is 1.47 bits per heavy atom. The molecule has 3 rings (SSSR count). The number of hydrogen-bond acceptors (Lipinski definition) is 5. The summed E-state index contributed by atoms with van der Waals surface area (Å²) in [5.41, 5.74) is 6.40. The number of aromatic nitrogens is 5. The van der Waals surface area contributed by atoms with E-state index in [0.29, 0.717) is 12.4 Å². The lowest BCUT2D eigenvalue weighted by Gasteiger charge is -1.93. The van der Waals surface area contributed by atoms with Crippen LogP contribution < -0.4 is 5.73 Å². The summed E-state index contributed by atoms with van der Waals surface area (Å²) >= 11 is 1.60. The van der Waals surface area contributed by atoms with Gasteiger partial charge in [-0.3, -0.25) is 4.40 Å². The summed E-state index contributed by atoms with van der Waals surface area (Å²) < 4.78 is 1.98. The highest BCUT2D eigenvalue weighted by atomic mass is 32.1. The van der Waals surface area contributed by atoms with Crippen LogP contribution in [0, 0.1) is 0 Å². The largest absolute Gasteiger partial charge is 0.381 e. The Morgan fingerprint density at radius 3 is 3.13 bits per heavy atom. The molecule has 2 N–H and O–H groups in total. The lowest BCUT2D eigenvalue weighted by Crippen LogP contribution is -2.04. The maximum atomic E-state index is 5.47. The topological polar surface area (TPSA) is 74.0 Å². The molecule has 0 aliphatic heterocycles. The standard InChI is InChI=1S/C8H8N6S/c9-7-3-10-14(12-7)5-6-4-13-1-2-15-8(13)11-6/h1-4H,5H2,(H2,9,12). The van der Waals surface area contributed by atoms with Gasteiger partial charge in [-0.1, -0.05) is 0 Å². The number of imidazole rings is 1. The van der Waals surface area contributed by atoms with Crippen molar-refractivity contribution in [2.24, 2.45) is 0 Å². The molecule has 0 atom stereocenters. The molecule has 0 saturated heterocycles. The zero-order valence-electron chi connectivity index (χ0n) is 7.74. The van der Waals surface area contributed by atoms with Gasteiger partial charge in [-0.15, -0.1) is 16.4 Å². The number of thiazole rings is 1. The van der Waals surface area contributed by atoms with Crippen LogP contribution in [0.1, 0.15) is 5.69 Å². The van der Waals surface area contributed by atoms with Crippen LogP contribution in [-0.2, 0) is 6.54 Å². The molecule has 0 bridgehead atoms. The van der Waals surface area contributed by atoms with Crippen molar-refractivity contribution in [1.82, 2.24) is 24.4 Å². The first-order chi connectivity index (χ1) is 7.31. The average molecular weight is 220 g/mol. The van der Waals surface area contributed by atoms with E-state index in [1.54, 1.807) is 11.3 Å². The van der Waals surface area contributed by atoms with Crippen LogP contribution >= 0.6 is 11.3 Å². The van der Waals surface area contributed by atoms with Gasteiger partial charge in [0.2, 0.25) is 0 Å². The molecule has 0 radical (unpaired) electrons. The number of rotatable bonds is 2. The van der Waals surface area contributed by atoms with Crippen molar-refractivity contribution in [1.29, 1.82) is 0 Å². The highest BCUT2D eigenvalue weighted by Crippen LogP contribution is 2.11. The predicted molar refractivity (Wildman–Crippen MR) is 56.6 cm³/mol. The first-order valence-electron chi connectivity index (χ1n) is 4.38. The number of hydrogen-bond donors (Lipinski definition) is 1. The van der Waals surface area contributed by atoms with E-state index in [2.05, 4.69) is 15.2 Å². The predicted octanol–water partition coefficient (Wildman–Crippen LogP) is 0.618. The molecule has 3 heterocycles. The number of anilines is 1. The summed E-state index contributed by atoms with van der Waals surface area (Å²) in [6, 6.07) is 0. The van der Waals surface area contributed by atoms with E-state index in [4.69, 9.17) is 5.73 Å². The number of nitrogens with zero attached hydrogens (tertiary/aromatic N) is 5. The summed E-state index contributed by atoms with van der Waals surface area (Å²) in [5, 5.41) is 9.99.